The molecule has 0 aliphatic rings. The Morgan fingerprint density at radius 1 is 1.15 bits per heavy atom. The molecule has 0 bridgehead atoms. The summed E-state index contributed by atoms with van der Waals surface area (Å²) in [5.41, 5.74) is 1.41. The summed E-state index contributed by atoms with van der Waals surface area (Å²) in [6.45, 7) is 1.67. The van der Waals surface area contributed by atoms with E-state index in [1.54, 1.807) is 30.3 Å². The van der Waals surface area contributed by atoms with Gasteiger partial charge in [0.2, 0.25) is 0 Å². The molecule has 2 aromatic carbocycles. The van der Waals surface area contributed by atoms with Crippen molar-refractivity contribution in [3.63, 3.8) is 0 Å². The molecule has 2 rings (SSSR count). The predicted octanol–water partition coefficient (Wildman–Crippen LogP) is 4.39. The number of nitrogens with one attached hydrogen (secondary N) is 1. The molecule has 1 atom stereocenters. The van der Waals surface area contributed by atoms with Crippen LogP contribution in [0, 0.1) is 5.82 Å². The van der Waals surface area contributed by atoms with Crippen LogP contribution in [-0.4, -0.2) is 18.0 Å². The van der Waals surface area contributed by atoms with Gasteiger partial charge in [0.1, 0.15) is 5.82 Å². The second-order valence-corrected chi connectivity index (χ2v) is 6.24. The van der Waals surface area contributed by atoms with Gasteiger partial charge in [-0.25, -0.2) is 9.18 Å². The highest BCUT2D eigenvalue weighted by Gasteiger charge is 2.16. The Morgan fingerprint density at radius 3 is 2.50 bits per heavy atom. The fourth-order valence-electron chi connectivity index (χ4n) is 1.98. The molecule has 7 heteroatoms. The second-order valence-electron chi connectivity index (χ2n) is 5.43. The Bertz CT molecular complexity index is 822. The number of rotatable bonds is 6. The average Bonchev–Trinajstić information content (AvgIpc) is 2.62. The molecule has 0 saturated heterocycles. The van der Waals surface area contributed by atoms with Crippen molar-refractivity contribution in [3.05, 3.63) is 75.5 Å². The third kappa shape index (κ3) is 6.17. The normalized spacial score (nSPS) is 12.0. The van der Waals surface area contributed by atoms with Gasteiger partial charge in [-0.2, -0.15) is 0 Å². The molecule has 0 aromatic heterocycles. The van der Waals surface area contributed by atoms with Crippen LogP contribution in [0.4, 0.5) is 4.39 Å². The largest absolute Gasteiger partial charge is 0.449 e. The molecule has 4 nitrogen and oxygen atoms in total. The molecule has 0 fully saturated rings. The summed E-state index contributed by atoms with van der Waals surface area (Å²) in [5.74, 6) is -1.47. The molecule has 1 amide bonds. The lowest BCUT2D eigenvalue weighted by molar-refractivity contribution is -0.150. The van der Waals surface area contributed by atoms with E-state index < -0.39 is 18.0 Å². The van der Waals surface area contributed by atoms with Crippen LogP contribution in [0.3, 0.4) is 0 Å². The Morgan fingerprint density at radius 2 is 1.85 bits per heavy atom. The van der Waals surface area contributed by atoms with Gasteiger partial charge in [0.05, 0.1) is 10.0 Å². The average molecular weight is 396 g/mol. The molecular weight excluding hydrogens is 380 g/mol. The summed E-state index contributed by atoms with van der Waals surface area (Å²) in [5, 5.41) is 3.40. The van der Waals surface area contributed by atoms with Gasteiger partial charge in [-0.3, -0.25) is 4.79 Å². The van der Waals surface area contributed by atoms with E-state index in [0.717, 1.165) is 5.56 Å². The summed E-state index contributed by atoms with van der Waals surface area (Å²) in [7, 11) is 0. The minimum atomic E-state index is -0.971. The smallest absolute Gasteiger partial charge is 0.331 e. The zero-order chi connectivity index (χ0) is 19.1. The molecular formula is C19H16Cl2FNO3. The SMILES string of the molecule is C[C@@H](OC(=O)/C=C/c1ccc(Cl)c(Cl)c1)C(=O)NCc1ccc(F)cc1. The maximum Gasteiger partial charge on any atom is 0.331 e. The van der Waals surface area contributed by atoms with Gasteiger partial charge in [0.25, 0.3) is 5.91 Å². The highest BCUT2D eigenvalue weighted by Crippen LogP contribution is 2.23. The van der Waals surface area contributed by atoms with Crippen LogP contribution in [0.25, 0.3) is 6.08 Å². The summed E-state index contributed by atoms with van der Waals surface area (Å²) in [6.07, 6.45) is 1.73. The lowest BCUT2D eigenvalue weighted by Gasteiger charge is -2.12. The van der Waals surface area contributed by atoms with E-state index in [4.69, 9.17) is 27.9 Å². The number of halogens is 3. The zero-order valence-electron chi connectivity index (χ0n) is 13.8. The van der Waals surface area contributed by atoms with Gasteiger partial charge in [-0.05, 0) is 48.4 Å². The minimum absolute atomic E-state index is 0.208. The Hall–Kier alpha value is -2.37. The molecule has 2 aromatic rings. The van der Waals surface area contributed by atoms with Crippen molar-refractivity contribution < 1.29 is 18.7 Å². The molecule has 0 unspecified atom stereocenters. The first-order valence-corrected chi connectivity index (χ1v) is 8.46. The van der Waals surface area contributed by atoms with Crippen LogP contribution >= 0.6 is 23.2 Å². The number of amides is 1. The molecule has 0 radical (unpaired) electrons. The number of carbonyl (C=O) groups is 2. The number of hydrogen-bond acceptors (Lipinski definition) is 3. The van der Waals surface area contributed by atoms with Gasteiger partial charge in [-0.15, -0.1) is 0 Å². The van der Waals surface area contributed by atoms with Crippen molar-refractivity contribution >= 4 is 41.2 Å². The first-order valence-electron chi connectivity index (χ1n) is 7.71. The molecule has 1 N–H and O–H groups in total. The molecule has 0 heterocycles. The van der Waals surface area contributed by atoms with Crippen LogP contribution < -0.4 is 5.32 Å². The molecule has 0 spiro atoms. The first-order chi connectivity index (χ1) is 12.3. The van der Waals surface area contributed by atoms with E-state index >= 15 is 0 Å². The van der Waals surface area contributed by atoms with Gasteiger partial charge in [0.15, 0.2) is 6.10 Å². The van der Waals surface area contributed by atoms with Crippen molar-refractivity contribution in [2.45, 2.75) is 19.6 Å². The quantitative estimate of drug-likeness (QED) is 0.582. The minimum Gasteiger partial charge on any atom is -0.449 e. The van der Waals surface area contributed by atoms with Crippen molar-refractivity contribution in [3.8, 4) is 0 Å². The maximum atomic E-state index is 12.8. The second kappa shape index (κ2) is 9.36. The summed E-state index contributed by atoms with van der Waals surface area (Å²) in [6, 6.07) is 10.6. The Kier molecular flexibility index (Phi) is 7.18. The molecule has 0 aliphatic carbocycles. The van der Waals surface area contributed by atoms with E-state index in [0.29, 0.717) is 15.6 Å². The van der Waals surface area contributed by atoms with Crippen LogP contribution in [0.2, 0.25) is 10.0 Å². The maximum absolute atomic E-state index is 12.8. The topological polar surface area (TPSA) is 55.4 Å². The van der Waals surface area contributed by atoms with Crippen molar-refractivity contribution in [1.29, 1.82) is 0 Å². The third-order valence-electron chi connectivity index (χ3n) is 3.40. The molecule has 26 heavy (non-hydrogen) atoms. The van der Waals surface area contributed by atoms with Crippen molar-refractivity contribution in [2.24, 2.45) is 0 Å². The summed E-state index contributed by atoms with van der Waals surface area (Å²) >= 11 is 11.7. The van der Waals surface area contributed by atoms with E-state index in [-0.39, 0.29) is 12.4 Å². The van der Waals surface area contributed by atoms with Gasteiger partial charge in [0, 0.05) is 12.6 Å². The van der Waals surface area contributed by atoms with Gasteiger partial charge >= 0.3 is 5.97 Å². The van der Waals surface area contributed by atoms with E-state index in [1.165, 1.54) is 31.2 Å². The number of esters is 1. The first kappa shape index (κ1) is 19.9. The van der Waals surface area contributed by atoms with Crippen LogP contribution in [-0.2, 0) is 20.9 Å². The van der Waals surface area contributed by atoms with Gasteiger partial charge in [-0.1, -0.05) is 41.4 Å². The van der Waals surface area contributed by atoms with Crippen LogP contribution in [0.5, 0.6) is 0 Å². The lowest BCUT2D eigenvalue weighted by Crippen LogP contribution is -2.35. The predicted molar refractivity (Wildman–Crippen MR) is 99.3 cm³/mol. The summed E-state index contributed by atoms with van der Waals surface area (Å²) in [4.78, 5) is 23.8. The van der Waals surface area contributed by atoms with Crippen LogP contribution in [0.1, 0.15) is 18.1 Å². The van der Waals surface area contributed by atoms with Crippen molar-refractivity contribution in [1.82, 2.24) is 5.32 Å². The molecule has 136 valence electrons. The number of benzene rings is 2. The standard InChI is InChI=1S/C19H16Cl2FNO3/c1-12(19(25)23-11-14-2-6-15(22)7-3-14)26-18(24)9-5-13-4-8-16(20)17(21)10-13/h2-10,12H,11H2,1H3,(H,23,25)/b9-5+/t12-/m1/s1. The number of hydrogen-bond donors (Lipinski definition) is 1. The van der Waals surface area contributed by atoms with Crippen molar-refractivity contribution in [2.75, 3.05) is 0 Å². The third-order valence-corrected chi connectivity index (χ3v) is 4.14. The molecule has 0 saturated carbocycles. The molecule has 0 aliphatic heterocycles. The fourth-order valence-corrected chi connectivity index (χ4v) is 2.29. The Balaban J connectivity index is 1.83. The van der Waals surface area contributed by atoms with E-state index in [1.807, 2.05) is 0 Å². The number of ether oxygens (including phenoxy) is 1. The lowest BCUT2D eigenvalue weighted by atomic mass is 10.2. The monoisotopic (exact) mass is 395 g/mol. The highest BCUT2D eigenvalue weighted by molar-refractivity contribution is 6.42. The number of carbonyl (C=O) groups excluding carboxylic acids is 2. The fraction of sp³-hybridized carbons (Fsp3) is 0.158. The van der Waals surface area contributed by atoms with E-state index in [2.05, 4.69) is 5.32 Å². The summed E-state index contributed by atoms with van der Waals surface area (Å²) < 4.78 is 17.9. The van der Waals surface area contributed by atoms with Gasteiger partial charge < -0.3 is 10.1 Å². The Labute approximate surface area is 160 Å². The zero-order valence-corrected chi connectivity index (χ0v) is 15.4. The highest BCUT2D eigenvalue weighted by atomic mass is 35.5. The van der Waals surface area contributed by atoms with Crippen LogP contribution in [0.15, 0.2) is 48.5 Å². The van der Waals surface area contributed by atoms with E-state index in [9.17, 15) is 14.0 Å².